The van der Waals surface area contributed by atoms with Gasteiger partial charge in [0, 0.05) is 24.8 Å². The highest BCUT2D eigenvalue weighted by Gasteiger charge is 2.32. The van der Waals surface area contributed by atoms with Crippen LogP contribution in [-0.4, -0.2) is 40.5 Å². The van der Waals surface area contributed by atoms with E-state index in [0.29, 0.717) is 34.9 Å². The van der Waals surface area contributed by atoms with Crippen molar-refractivity contribution >= 4 is 11.5 Å². The first-order valence-corrected chi connectivity index (χ1v) is 13.2. The Balaban J connectivity index is 1.19. The first-order chi connectivity index (χ1) is 18.4. The second-order valence-electron chi connectivity index (χ2n) is 10.2. The van der Waals surface area contributed by atoms with E-state index in [4.69, 9.17) is 5.26 Å². The van der Waals surface area contributed by atoms with E-state index >= 15 is 0 Å². The van der Waals surface area contributed by atoms with Gasteiger partial charge in [-0.3, -0.25) is 0 Å². The molecule has 3 aromatic rings. The predicted molar refractivity (Wildman–Crippen MR) is 138 cm³/mol. The number of halogens is 3. The summed E-state index contributed by atoms with van der Waals surface area (Å²) in [5.41, 5.74) is 2.47. The van der Waals surface area contributed by atoms with E-state index in [1.807, 2.05) is 24.3 Å². The van der Waals surface area contributed by atoms with Crippen LogP contribution in [0.3, 0.4) is 0 Å². The van der Waals surface area contributed by atoms with Gasteiger partial charge in [0.2, 0.25) is 0 Å². The second kappa shape index (κ2) is 11.3. The molecule has 0 spiro atoms. The number of hydrogen-bond donors (Lipinski definition) is 1. The highest BCUT2D eigenvalue weighted by atomic mass is 19.4. The van der Waals surface area contributed by atoms with E-state index < -0.39 is 6.36 Å². The molecule has 1 aromatic heterocycles. The smallest absolute Gasteiger partial charge is 0.406 e. The molecule has 0 bridgehead atoms. The van der Waals surface area contributed by atoms with Crippen molar-refractivity contribution in [3.63, 3.8) is 0 Å². The van der Waals surface area contributed by atoms with Crippen LogP contribution in [0.2, 0.25) is 0 Å². The molecular formula is C28H31F3N6O. The molecule has 1 saturated carbocycles. The van der Waals surface area contributed by atoms with Crippen LogP contribution in [0.15, 0.2) is 54.7 Å². The second-order valence-corrected chi connectivity index (χ2v) is 10.2. The maximum Gasteiger partial charge on any atom is 0.573 e. The molecule has 1 N–H and O–H groups in total. The number of hydrogen-bond acceptors (Lipinski definition) is 6. The summed E-state index contributed by atoms with van der Waals surface area (Å²) in [7, 11) is 0. The van der Waals surface area contributed by atoms with E-state index in [0.717, 1.165) is 32.4 Å². The normalized spacial score (nSPS) is 22.1. The molecule has 10 heteroatoms. The molecule has 2 aliphatic rings. The summed E-state index contributed by atoms with van der Waals surface area (Å²) in [4.78, 5) is 2.44. The Morgan fingerprint density at radius 2 is 1.71 bits per heavy atom. The van der Waals surface area contributed by atoms with Crippen molar-refractivity contribution in [1.29, 1.82) is 5.26 Å². The Morgan fingerprint density at radius 3 is 2.45 bits per heavy atom. The molecule has 1 aliphatic heterocycles. The van der Waals surface area contributed by atoms with E-state index in [2.05, 4.69) is 31.3 Å². The average Bonchev–Trinajstić information content (AvgIpc) is 3.38. The molecule has 7 nitrogen and oxygen atoms in total. The molecule has 200 valence electrons. The molecule has 3 atom stereocenters. The minimum absolute atomic E-state index is 0.273. The summed E-state index contributed by atoms with van der Waals surface area (Å²) in [5, 5.41) is 21.1. The summed E-state index contributed by atoms with van der Waals surface area (Å²) in [6, 6.07) is 15.9. The number of rotatable bonds is 7. The minimum Gasteiger partial charge on any atom is -0.406 e. The van der Waals surface area contributed by atoms with Gasteiger partial charge in [-0.05, 0) is 92.5 Å². The minimum atomic E-state index is -4.72. The van der Waals surface area contributed by atoms with Gasteiger partial charge in [-0.25, -0.2) is 4.68 Å². The standard InChI is InChI=1S/C28H31F3N6O/c29-28(30,31)38-25-13-11-24(12-14-25)37-19-27(34-35-37)33-26-6-2-1-5-22(26)16-21-4-3-15-36(18-21)23-9-7-20(17-32)8-10-23/h7-14,19,21-22,26,33H,1-6,15-16,18H2/t21-,22+,26-/m1/s1. The zero-order chi connectivity index (χ0) is 26.5. The lowest BCUT2D eigenvalue weighted by Gasteiger charge is -2.39. The van der Waals surface area contributed by atoms with Crippen LogP contribution < -0.4 is 15.0 Å². The van der Waals surface area contributed by atoms with Crippen LogP contribution in [0.25, 0.3) is 5.69 Å². The quantitative estimate of drug-likeness (QED) is 0.390. The van der Waals surface area contributed by atoms with E-state index in [9.17, 15) is 13.2 Å². The number of aromatic nitrogens is 3. The highest BCUT2D eigenvalue weighted by molar-refractivity contribution is 5.50. The van der Waals surface area contributed by atoms with Crippen LogP contribution >= 0.6 is 0 Å². The first-order valence-electron chi connectivity index (χ1n) is 13.2. The molecule has 0 unspecified atom stereocenters. The molecule has 2 fully saturated rings. The third-order valence-electron chi connectivity index (χ3n) is 7.59. The van der Waals surface area contributed by atoms with Gasteiger partial charge >= 0.3 is 6.36 Å². The molecule has 38 heavy (non-hydrogen) atoms. The van der Waals surface area contributed by atoms with Gasteiger partial charge in [0.05, 0.1) is 23.5 Å². The van der Waals surface area contributed by atoms with Gasteiger partial charge in [-0.15, -0.1) is 18.3 Å². The SMILES string of the molecule is N#Cc1ccc(N2CCC[C@H](C[C@@H]3CCCC[C@H]3Nc3cn(-c4ccc(OC(F)(F)F)cc4)nn3)C2)cc1. The van der Waals surface area contributed by atoms with Crippen molar-refractivity contribution in [2.75, 3.05) is 23.3 Å². The van der Waals surface area contributed by atoms with Crippen molar-refractivity contribution in [2.24, 2.45) is 11.8 Å². The van der Waals surface area contributed by atoms with Gasteiger partial charge in [0.1, 0.15) is 5.75 Å². The summed E-state index contributed by atoms with van der Waals surface area (Å²) < 4.78 is 42.8. The van der Waals surface area contributed by atoms with E-state index in [-0.39, 0.29) is 5.75 Å². The maximum atomic E-state index is 12.4. The Kier molecular flexibility index (Phi) is 7.72. The molecule has 0 radical (unpaired) electrons. The molecule has 1 saturated heterocycles. The fraction of sp³-hybridized carbons (Fsp3) is 0.464. The number of anilines is 2. The van der Waals surface area contributed by atoms with Gasteiger partial charge in [-0.2, -0.15) is 5.26 Å². The Bertz CT molecular complexity index is 1240. The van der Waals surface area contributed by atoms with Crippen LogP contribution in [-0.2, 0) is 0 Å². The van der Waals surface area contributed by atoms with E-state index in [1.54, 1.807) is 10.9 Å². The summed E-state index contributed by atoms with van der Waals surface area (Å²) >= 11 is 0. The van der Waals surface area contributed by atoms with Crippen molar-refractivity contribution in [1.82, 2.24) is 15.0 Å². The summed E-state index contributed by atoms with van der Waals surface area (Å²) in [6.45, 7) is 2.07. The fourth-order valence-corrected chi connectivity index (χ4v) is 5.79. The van der Waals surface area contributed by atoms with Crippen LogP contribution in [0, 0.1) is 23.2 Å². The van der Waals surface area contributed by atoms with Crippen LogP contribution in [0.4, 0.5) is 24.7 Å². The van der Waals surface area contributed by atoms with Gasteiger partial charge in [0.15, 0.2) is 5.82 Å². The third kappa shape index (κ3) is 6.57. The van der Waals surface area contributed by atoms with Crippen LogP contribution in [0.1, 0.15) is 50.5 Å². The third-order valence-corrected chi connectivity index (χ3v) is 7.59. The summed E-state index contributed by atoms with van der Waals surface area (Å²) in [6.07, 6.45) is 5.25. The Morgan fingerprint density at radius 1 is 0.974 bits per heavy atom. The van der Waals surface area contributed by atoms with Crippen molar-refractivity contribution in [3.05, 3.63) is 60.3 Å². The van der Waals surface area contributed by atoms with Crippen molar-refractivity contribution in [3.8, 4) is 17.5 Å². The molecular weight excluding hydrogens is 493 g/mol. The zero-order valence-electron chi connectivity index (χ0n) is 21.1. The van der Waals surface area contributed by atoms with Crippen molar-refractivity contribution < 1.29 is 17.9 Å². The molecule has 0 amide bonds. The number of piperidine rings is 1. The van der Waals surface area contributed by atoms with Gasteiger partial charge < -0.3 is 15.0 Å². The predicted octanol–water partition coefficient (Wildman–Crippen LogP) is 6.31. The molecule has 2 aromatic carbocycles. The number of ether oxygens (including phenoxy) is 1. The fourth-order valence-electron chi connectivity index (χ4n) is 5.79. The lowest BCUT2D eigenvalue weighted by molar-refractivity contribution is -0.274. The molecule has 2 heterocycles. The Hall–Kier alpha value is -3.74. The Labute approximate surface area is 220 Å². The lowest BCUT2D eigenvalue weighted by atomic mass is 9.77. The molecule has 1 aliphatic carbocycles. The first kappa shape index (κ1) is 25.9. The zero-order valence-corrected chi connectivity index (χ0v) is 21.1. The number of nitrogens with zero attached hydrogens (tertiary/aromatic N) is 5. The average molecular weight is 525 g/mol. The van der Waals surface area contributed by atoms with Gasteiger partial charge in [0.25, 0.3) is 0 Å². The van der Waals surface area contributed by atoms with Crippen LogP contribution in [0.5, 0.6) is 5.75 Å². The van der Waals surface area contributed by atoms with Crippen molar-refractivity contribution in [2.45, 2.75) is 57.3 Å². The largest absolute Gasteiger partial charge is 0.573 e. The summed E-state index contributed by atoms with van der Waals surface area (Å²) in [5.74, 6) is 1.55. The lowest BCUT2D eigenvalue weighted by Crippen LogP contribution is -2.39. The number of nitriles is 1. The monoisotopic (exact) mass is 524 g/mol. The maximum absolute atomic E-state index is 12.4. The number of alkyl halides is 3. The number of benzene rings is 2. The topological polar surface area (TPSA) is 79.0 Å². The van der Waals surface area contributed by atoms with Gasteiger partial charge in [-0.1, -0.05) is 18.1 Å². The molecule has 5 rings (SSSR count). The van der Waals surface area contributed by atoms with E-state index in [1.165, 1.54) is 55.6 Å². The number of nitrogens with one attached hydrogen (secondary N) is 1. The highest BCUT2D eigenvalue weighted by Crippen LogP contribution is 2.35.